The van der Waals surface area contributed by atoms with E-state index in [1.54, 1.807) is 6.07 Å². The molecule has 0 saturated carbocycles. The lowest BCUT2D eigenvalue weighted by Gasteiger charge is -2.31. The number of nitrogens with one attached hydrogen (secondary N) is 1. The average Bonchev–Trinajstić information content (AvgIpc) is 2.39. The predicted molar refractivity (Wildman–Crippen MR) is 70.3 cm³/mol. The zero-order valence-corrected chi connectivity index (χ0v) is 9.93. The molecule has 1 amide bonds. The highest BCUT2D eigenvalue weighted by Crippen LogP contribution is 2.34. The number of carbonyl (C=O) groups excluding carboxylic acids is 1. The van der Waals surface area contributed by atoms with E-state index in [2.05, 4.69) is 10.2 Å². The summed E-state index contributed by atoms with van der Waals surface area (Å²) in [6, 6.07) is 5.47. The fraction of sp³-hybridized carbons (Fsp3) is 0.250. The Labute approximate surface area is 105 Å². The molecule has 0 saturated heterocycles. The largest absolute Gasteiger partial charge is 0.490 e. The molecule has 0 aromatic heterocycles. The zero-order chi connectivity index (χ0) is 13.0. The highest BCUT2D eigenvalue weighted by atomic mass is 16.5. The molecule has 1 aromatic carbocycles. The molecule has 6 heteroatoms. The van der Waals surface area contributed by atoms with Crippen molar-refractivity contribution >= 4 is 17.8 Å². The summed E-state index contributed by atoms with van der Waals surface area (Å²) in [5.74, 6) is 0.780. The maximum atomic E-state index is 10.4. The highest BCUT2D eigenvalue weighted by Gasteiger charge is 2.18. The van der Waals surface area contributed by atoms with E-state index in [0.717, 1.165) is 23.7 Å². The van der Waals surface area contributed by atoms with Gasteiger partial charge in [0, 0.05) is 17.6 Å². The topological polar surface area (TPSA) is 93.6 Å². The minimum Gasteiger partial charge on any atom is -0.490 e. The smallest absolute Gasteiger partial charge is 0.211 e. The van der Waals surface area contributed by atoms with Crippen molar-refractivity contribution in [2.24, 2.45) is 11.5 Å². The first-order valence-corrected chi connectivity index (χ1v) is 5.63. The van der Waals surface area contributed by atoms with Gasteiger partial charge in [-0.2, -0.15) is 0 Å². The molecule has 18 heavy (non-hydrogen) atoms. The minimum atomic E-state index is 0.539. The van der Waals surface area contributed by atoms with Crippen LogP contribution in [0.4, 0.5) is 11.4 Å². The third kappa shape index (κ3) is 2.48. The highest BCUT2D eigenvalue weighted by molar-refractivity contribution is 5.76. The Morgan fingerprint density at radius 2 is 2.39 bits per heavy atom. The molecule has 0 atom stereocenters. The molecule has 1 aliphatic rings. The maximum Gasteiger partial charge on any atom is 0.211 e. The van der Waals surface area contributed by atoms with Crippen LogP contribution in [-0.4, -0.2) is 26.1 Å². The second-order valence-corrected chi connectivity index (χ2v) is 3.96. The Balaban J connectivity index is 2.28. The van der Waals surface area contributed by atoms with E-state index in [1.807, 2.05) is 12.1 Å². The van der Waals surface area contributed by atoms with E-state index in [0.29, 0.717) is 25.3 Å². The molecule has 0 radical (unpaired) electrons. The van der Waals surface area contributed by atoms with Crippen molar-refractivity contribution in [1.82, 2.24) is 0 Å². The lowest BCUT2D eigenvalue weighted by Crippen LogP contribution is -2.35. The molecule has 1 aliphatic heterocycles. The van der Waals surface area contributed by atoms with Gasteiger partial charge in [-0.1, -0.05) is 0 Å². The van der Waals surface area contributed by atoms with Gasteiger partial charge in [0.15, 0.2) is 0 Å². The summed E-state index contributed by atoms with van der Waals surface area (Å²) in [4.78, 5) is 12.5. The van der Waals surface area contributed by atoms with Crippen molar-refractivity contribution in [2.45, 2.75) is 0 Å². The Bertz CT molecular complexity index is 473. The molecule has 0 bridgehead atoms. The van der Waals surface area contributed by atoms with Gasteiger partial charge in [0.05, 0.1) is 18.8 Å². The van der Waals surface area contributed by atoms with Gasteiger partial charge in [-0.25, -0.2) is 0 Å². The van der Waals surface area contributed by atoms with Crippen molar-refractivity contribution in [1.29, 1.82) is 0 Å². The molecule has 0 aliphatic carbocycles. The molecule has 2 rings (SSSR count). The number of nitrogens with two attached hydrogens (primary N) is 2. The van der Waals surface area contributed by atoms with Crippen LogP contribution in [0.2, 0.25) is 0 Å². The molecule has 0 spiro atoms. The number of hydrogen-bond donors (Lipinski definition) is 3. The molecular formula is C12H16N4O2. The Hall–Kier alpha value is -2.37. The third-order valence-electron chi connectivity index (χ3n) is 2.73. The average molecular weight is 248 g/mol. The van der Waals surface area contributed by atoms with Crippen LogP contribution >= 0.6 is 0 Å². The van der Waals surface area contributed by atoms with Gasteiger partial charge < -0.3 is 26.4 Å². The van der Waals surface area contributed by atoms with Crippen LogP contribution in [0, 0.1) is 0 Å². The molecule has 96 valence electrons. The van der Waals surface area contributed by atoms with E-state index in [4.69, 9.17) is 16.2 Å². The Morgan fingerprint density at radius 3 is 3.11 bits per heavy atom. The molecule has 5 N–H and O–H groups in total. The van der Waals surface area contributed by atoms with Crippen molar-refractivity contribution < 1.29 is 9.53 Å². The van der Waals surface area contributed by atoms with Gasteiger partial charge in [-0.3, -0.25) is 4.79 Å². The molecule has 6 nitrogen and oxygen atoms in total. The number of carbonyl (C=O) groups is 1. The van der Waals surface area contributed by atoms with Gasteiger partial charge in [-0.15, -0.1) is 0 Å². The van der Waals surface area contributed by atoms with E-state index >= 15 is 0 Å². The Kier molecular flexibility index (Phi) is 3.57. The van der Waals surface area contributed by atoms with Crippen molar-refractivity contribution in [3.05, 3.63) is 30.1 Å². The van der Waals surface area contributed by atoms with Gasteiger partial charge in [0.2, 0.25) is 6.41 Å². The number of anilines is 2. The van der Waals surface area contributed by atoms with Gasteiger partial charge >= 0.3 is 0 Å². The minimum absolute atomic E-state index is 0.539. The monoisotopic (exact) mass is 248 g/mol. The summed E-state index contributed by atoms with van der Waals surface area (Å²) in [5, 5.41) is 2.61. The summed E-state index contributed by atoms with van der Waals surface area (Å²) in [6.07, 6.45) is 2.03. The summed E-state index contributed by atoms with van der Waals surface area (Å²) < 4.78 is 5.55. The van der Waals surface area contributed by atoms with Crippen molar-refractivity contribution in [3.8, 4) is 5.75 Å². The van der Waals surface area contributed by atoms with Gasteiger partial charge in [0.1, 0.15) is 12.4 Å². The van der Waals surface area contributed by atoms with Gasteiger partial charge in [-0.05, 0) is 18.2 Å². The van der Waals surface area contributed by atoms with Crippen LogP contribution in [0.25, 0.3) is 0 Å². The quantitative estimate of drug-likeness (QED) is 0.662. The summed E-state index contributed by atoms with van der Waals surface area (Å²) in [7, 11) is 0. The lowest BCUT2D eigenvalue weighted by atomic mass is 10.2. The van der Waals surface area contributed by atoms with Crippen LogP contribution in [0.5, 0.6) is 5.75 Å². The lowest BCUT2D eigenvalue weighted by molar-refractivity contribution is -0.105. The summed E-state index contributed by atoms with van der Waals surface area (Å²) >= 11 is 0. The standard InChI is InChI=1S/C12H16N4O2/c13-6-9(14)7-16-3-4-18-12-2-1-10(15-8-17)5-11(12)16/h1-2,5-6,8H,3-4,7,13-14H2,(H,15,17)/b9-6-. The number of fused-ring (bicyclic) bond motifs is 1. The summed E-state index contributed by atoms with van der Waals surface area (Å²) in [5.41, 5.74) is 13.3. The number of amides is 1. The molecule has 0 unspecified atom stereocenters. The summed E-state index contributed by atoms with van der Waals surface area (Å²) in [6.45, 7) is 1.87. The zero-order valence-electron chi connectivity index (χ0n) is 9.93. The van der Waals surface area contributed by atoms with E-state index in [9.17, 15) is 4.79 Å². The van der Waals surface area contributed by atoms with E-state index in [-0.39, 0.29) is 0 Å². The number of benzene rings is 1. The van der Waals surface area contributed by atoms with Crippen LogP contribution < -0.4 is 26.4 Å². The fourth-order valence-electron chi connectivity index (χ4n) is 1.87. The second-order valence-electron chi connectivity index (χ2n) is 3.96. The first-order chi connectivity index (χ1) is 8.74. The van der Waals surface area contributed by atoms with E-state index < -0.39 is 0 Å². The molecule has 1 heterocycles. The normalized spacial score (nSPS) is 14.7. The molecular weight excluding hydrogens is 232 g/mol. The van der Waals surface area contributed by atoms with Gasteiger partial charge in [0.25, 0.3) is 0 Å². The maximum absolute atomic E-state index is 10.4. The first kappa shape index (κ1) is 12.1. The molecule has 0 fully saturated rings. The van der Waals surface area contributed by atoms with E-state index in [1.165, 1.54) is 6.20 Å². The number of rotatable bonds is 4. The fourth-order valence-corrected chi connectivity index (χ4v) is 1.87. The first-order valence-electron chi connectivity index (χ1n) is 5.63. The third-order valence-corrected chi connectivity index (χ3v) is 2.73. The van der Waals surface area contributed by atoms with Crippen LogP contribution in [0.1, 0.15) is 0 Å². The predicted octanol–water partition coefficient (Wildman–Crippen LogP) is 0.213. The SMILES string of the molecule is N/C=C(\N)CN1CCOc2ccc(NC=O)cc21. The molecule has 1 aromatic rings. The van der Waals surface area contributed by atoms with Crippen molar-refractivity contribution in [3.63, 3.8) is 0 Å². The number of ether oxygens (including phenoxy) is 1. The number of hydrogen-bond acceptors (Lipinski definition) is 5. The second kappa shape index (κ2) is 5.31. The number of nitrogens with zero attached hydrogens (tertiary/aromatic N) is 1. The van der Waals surface area contributed by atoms with Crippen LogP contribution in [0.15, 0.2) is 30.1 Å². The van der Waals surface area contributed by atoms with Crippen LogP contribution in [0.3, 0.4) is 0 Å². The van der Waals surface area contributed by atoms with Crippen molar-refractivity contribution in [2.75, 3.05) is 29.9 Å². The Morgan fingerprint density at radius 1 is 1.56 bits per heavy atom. The van der Waals surface area contributed by atoms with Crippen LogP contribution in [-0.2, 0) is 4.79 Å².